The van der Waals surface area contributed by atoms with Gasteiger partial charge in [-0.1, -0.05) is 12.2 Å². The first-order valence-corrected chi connectivity index (χ1v) is 2.24. The van der Waals surface area contributed by atoms with Crippen LogP contribution in [0.2, 0.25) is 0 Å². The third-order valence-corrected chi connectivity index (χ3v) is 0.976. The van der Waals surface area contributed by atoms with E-state index in [9.17, 15) is 9.59 Å². The molecule has 0 aromatic rings. The third-order valence-electron chi connectivity index (χ3n) is 0.514. The normalized spacial score (nSPS) is 8.12. The molecule has 0 saturated heterocycles. The number of hydrogen-bond acceptors (Lipinski definition) is 3. The molecule has 0 saturated carbocycles. The molecule has 0 radical (unpaired) electrons. The van der Waals surface area contributed by atoms with Crippen molar-refractivity contribution in [2.75, 3.05) is 0 Å². The molecule has 1 N–H and O–H groups in total. The molecule has 0 rings (SSSR count). The van der Waals surface area contributed by atoms with Crippen molar-refractivity contribution >= 4 is 28.8 Å². The van der Waals surface area contributed by atoms with Crippen LogP contribution in [0.25, 0.3) is 0 Å². The van der Waals surface area contributed by atoms with E-state index in [0.29, 0.717) is 0 Å². The number of aliphatic carboxylic acids is 1. The zero-order valence-corrected chi connectivity index (χ0v) is 4.99. The Morgan fingerprint density at radius 3 is 1.88 bits per heavy atom. The van der Waals surface area contributed by atoms with Gasteiger partial charge in [0.2, 0.25) is 0 Å². The summed E-state index contributed by atoms with van der Waals surface area (Å²) in [5.41, 5.74) is 0. The molecule has 0 heterocycles. The molecular formula is C4H4O3S. The van der Waals surface area contributed by atoms with Crippen LogP contribution in [-0.2, 0) is 9.59 Å². The Labute approximate surface area is 51.3 Å². The minimum absolute atomic E-state index is 0.537. The van der Waals surface area contributed by atoms with Crippen molar-refractivity contribution in [3.63, 3.8) is 0 Å². The fraction of sp³-hybridized carbons (Fsp3) is 0.250. The molecule has 4 heteroatoms. The second-order valence-corrected chi connectivity index (χ2v) is 1.60. The lowest BCUT2D eigenvalue weighted by Gasteiger charge is -1.84. The van der Waals surface area contributed by atoms with Crippen molar-refractivity contribution in [2.24, 2.45) is 0 Å². The van der Waals surface area contributed by atoms with E-state index < -0.39 is 16.6 Å². The molecule has 0 aliphatic heterocycles. The van der Waals surface area contributed by atoms with Crippen molar-refractivity contribution in [1.29, 1.82) is 0 Å². The molecule has 0 aromatic heterocycles. The predicted octanol–water partition coefficient (Wildman–Crippen LogP) is 0.0299. The zero-order chi connectivity index (χ0) is 6.73. The molecule has 0 spiro atoms. The Kier molecular flexibility index (Phi) is 2.27. The number of thiocarbonyl (C=S) groups is 1. The number of Topliss-reactive ketones (excluding diaryl/α,β-unsaturated/α-hetero) is 1. The van der Waals surface area contributed by atoms with Gasteiger partial charge in [-0.15, -0.1) is 0 Å². The average molecular weight is 132 g/mol. The number of carbonyl (C=O) groups is 2. The highest BCUT2D eigenvalue weighted by molar-refractivity contribution is 7.83. The lowest BCUT2D eigenvalue weighted by molar-refractivity contribution is -0.129. The van der Waals surface area contributed by atoms with E-state index >= 15 is 0 Å². The van der Waals surface area contributed by atoms with Gasteiger partial charge in [0.1, 0.15) is 0 Å². The van der Waals surface area contributed by atoms with E-state index in [1.807, 2.05) is 0 Å². The second kappa shape index (κ2) is 2.52. The molecule has 0 atom stereocenters. The standard InChI is InChI=1S/C4H4O3S/c1-2(5)3(8)4(6)7/h1H3,(H,6,7). The van der Waals surface area contributed by atoms with E-state index in [2.05, 4.69) is 12.2 Å². The van der Waals surface area contributed by atoms with Gasteiger partial charge < -0.3 is 5.11 Å². The van der Waals surface area contributed by atoms with Gasteiger partial charge in [0.15, 0.2) is 10.6 Å². The summed E-state index contributed by atoms with van der Waals surface area (Å²) in [6.45, 7) is 1.12. The predicted molar refractivity (Wildman–Crippen MR) is 30.9 cm³/mol. The van der Waals surface area contributed by atoms with Gasteiger partial charge in [-0.3, -0.25) is 4.79 Å². The maximum Gasteiger partial charge on any atom is 0.350 e. The molecule has 0 fully saturated rings. The Balaban J connectivity index is 4.05. The van der Waals surface area contributed by atoms with Gasteiger partial charge in [0.05, 0.1) is 0 Å². The lowest BCUT2D eigenvalue weighted by Crippen LogP contribution is -2.17. The third kappa shape index (κ3) is 1.79. The smallest absolute Gasteiger partial charge is 0.350 e. The molecule has 8 heavy (non-hydrogen) atoms. The maximum atomic E-state index is 10.1. The molecule has 3 nitrogen and oxygen atoms in total. The molecule has 44 valence electrons. The van der Waals surface area contributed by atoms with Crippen LogP contribution >= 0.6 is 12.2 Å². The van der Waals surface area contributed by atoms with Gasteiger partial charge in [0, 0.05) is 6.92 Å². The Morgan fingerprint density at radius 1 is 1.50 bits per heavy atom. The summed E-state index contributed by atoms with van der Waals surface area (Å²) in [5.74, 6) is -1.90. The van der Waals surface area contributed by atoms with E-state index in [1.54, 1.807) is 0 Å². The number of ketones is 1. The van der Waals surface area contributed by atoms with Crippen LogP contribution in [0.1, 0.15) is 6.92 Å². The van der Waals surface area contributed by atoms with Crippen LogP contribution in [0.5, 0.6) is 0 Å². The van der Waals surface area contributed by atoms with Crippen molar-refractivity contribution in [3.8, 4) is 0 Å². The average Bonchev–Trinajstić information content (AvgIpc) is 1.64. The molecular weight excluding hydrogens is 128 g/mol. The van der Waals surface area contributed by atoms with Crippen LogP contribution in [0.3, 0.4) is 0 Å². The minimum atomic E-state index is -1.33. The summed E-state index contributed by atoms with van der Waals surface area (Å²) in [5, 5.41) is 7.99. The van der Waals surface area contributed by atoms with Crippen molar-refractivity contribution in [1.82, 2.24) is 0 Å². The van der Waals surface area contributed by atoms with E-state index in [1.165, 1.54) is 0 Å². The number of carboxylic acids is 1. The number of hydrogen-bond donors (Lipinski definition) is 1. The zero-order valence-electron chi connectivity index (χ0n) is 4.17. The fourth-order valence-corrected chi connectivity index (χ4v) is 0.151. The molecule has 0 unspecified atom stereocenters. The Hall–Kier alpha value is -0.770. The first-order valence-electron chi connectivity index (χ1n) is 1.84. The first kappa shape index (κ1) is 7.23. The Morgan fingerprint density at radius 2 is 1.88 bits per heavy atom. The second-order valence-electron chi connectivity index (χ2n) is 1.19. The van der Waals surface area contributed by atoms with E-state index in [-0.39, 0.29) is 0 Å². The van der Waals surface area contributed by atoms with Crippen molar-refractivity contribution in [2.45, 2.75) is 6.92 Å². The van der Waals surface area contributed by atoms with Gasteiger partial charge in [-0.05, 0) is 0 Å². The summed E-state index contributed by atoms with van der Waals surface area (Å²) in [7, 11) is 0. The van der Waals surface area contributed by atoms with Gasteiger partial charge in [0.25, 0.3) is 0 Å². The van der Waals surface area contributed by atoms with Gasteiger partial charge in [-0.25, -0.2) is 4.79 Å². The first-order chi connectivity index (χ1) is 3.55. The highest BCUT2D eigenvalue weighted by Crippen LogP contribution is 1.78. The monoisotopic (exact) mass is 132 g/mol. The van der Waals surface area contributed by atoms with E-state index in [0.717, 1.165) is 6.92 Å². The molecule has 0 aromatic carbocycles. The Bertz CT molecular complexity index is 133. The maximum absolute atomic E-state index is 10.1. The van der Waals surface area contributed by atoms with Crippen LogP contribution in [0, 0.1) is 0 Å². The van der Waals surface area contributed by atoms with Crippen molar-refractivity contribution < 1.29 is 14.7 Å². The minimum Gasteiger partial charge on any atom is -0.477 e. The molecule has 0 aliphatic rings. The van der Waals surface area contributed by atoms with Crippen molar-refractivity contribution in [3.05, 3.63) is 0 Å². The largest absolute Gasteiger partial charge is 0.477 e. The van der Waals surface area contributed by atoms with E-state index in [4.69, 9.17) is 5.11 Å². The quantitative estimate of drug-likeness (QED) is 0.425. The highest BCUT2D eigenvalue weighted by Gasteiger charge is 2.09. The van der Waals surface area contributed by atoms with Crippen LogP contribution < -0.4 is 0 Å². The number of carboxylic acid groups (broad SMARTS) is 1. The van der Waals surface area contributed by atoms with Crippen LogP contribution in [0.4, 0.5) is 0 Å². The summed E-state index contributed by atoms with van der Waals surface area (Å²) < 4.78 is 0. The summed E-state index contributed by atoms with van der Waals surface area (Å²) in [6.07, 6.45) is 0. The van der Waals surface area contributed by atoms with Crippen LogP contribution in [-0.4, -0.2) is 21.7 Å². The summed E-state index contributed by atoms with van der Waals surface area (Å²) in [4.78, 5) is 19.3. The van der Waals surface area contributed by atoms with Crippen LogP contribution in [0.15, 0.2) is 0 Å². The summed E-state index contributed by atoms with van der Waals surface area (Å²) in [6, 6.07) is 0. The fourth-order valence-electron chi connectivity index (χ4n) is 0.151. The molecule has 0 amide bonds. The number of carbonyl (C=O) groups excluding carboxylic acids is 1. The van der Waals surface area contributed by atoms with Gasteiger partial charge in [-0.2, -0.15) is 0 Å². The molecule has 0 bridgehead atoms. The highest BCUT2D eigenvalue weighted by atomic mass is 32.1. The number of rotatable bonds is 2. The SMILES string of the molecule is CC(=O)C(=S)C(=O)O. The molecule has 0 aliphatic carbocycles. The summed E-state index contributed by atoms with van der Waals surface area (Å²) >= 11 is 4.15. The topological polar surface area (TPSA) is 54.4 Å². The van der Waals surface area contributed by atoms with Gasteiger partial charge >= 0.3 is 5.97 Å². The lowest BCUT2D eigenvalue weighted by atomic mass is 10.3.